The molecule has 1 aliphatic heterocycles. The van der Waals surface area contributed by atoms with Crippen LogP contribution < -0.4 is 4.74 Å². The zero-order chi connectivity index (χ0) is 22.5. The summed E-state index contributed by atoms with van der Waals surface area (Å²) in [4.78, 5) is 37.3. The maximum Gasteiger partial charge on any atom is 0.326 e. The summed E-state index contributed by atoms with van der Waals surface area (Å²) in [5.41, 5.74) is 1.52. The highest BCUT2D eigenvalue weighted by atomic mass is 79.9. The zero-order valence-electron chi connectivity index (χ0n) is 16.2. The molecule has 1 aliphatic rings. The van der Waals surface area contributed by atoms with E-state index in [1.807, 2.05) is 12.1 Å². The van der Waals surface area contributed by atoms with Crippen molar-refractivity contribution in [3.05, 3.63) is 66.9 Å². The zero-order valence-corrected chi connectivity index (χ0v) is 20.1. The molecule has 2 aromatic rings. The number of halogens is 3. The Morgan fingerprint density at radius 3 is 2.55 bits per heavy atom. The van der Waals surface area contributed by atoms with E-state index in [0.29, 0.717) is 32.4 Å². The largest absolute Gasteiger partial charge is 0.486 e. The molecule has 0 saturated carbocycles. The van der Waals surface area contributed by atoms with Crippen LogP contribution in [0.25, 0.3) is 6.08 Å². The molecule has 1 saturated heterocycles. The lowest BCUT2D eigenvalue weighted by molar-refractivity contribution is -0.145. The number of imide groups is 1. The van der Waals surface area contributed by atoms with Crippen molar-refractivity contribution in [2.75, 3.05) is 13.2 Å². The number of hydrogen-bond acceptors (Lipinski definition) is 6. The first-order chi connectivity index (χ1) is 14.8. The number of amides is 2. The van der Waals surface area contributed by atoms with Gasteiger partial charge in [-0.2, -0.15) is 0 Å². The number of benzene rings is 2. The Morgan fingerprint density at radius 1 is 1.19 bits per heavy atom. The van der Waals surface area contributed by atoms with Crippen LogP contribution in [0.15, 0.2) is 45.8 Å². The summed E-state index contributed by atoms with van der Waals surface area (Å²) in [6.07, 6.45) is 1.54. The SMILES string of the molecule is CCOC(=O)CN1C(=O)S/C(=C/c2cc(Cl)c(OCc3ccc(Cl)cc3)c(Br)c2)C1=O. The van der Waals surface area contributed by atoms with Gasteiger partial charge in [0.15, 0.2) is 5.75 Å². The van der Waals surface area contributed by atoms with Crippen LogP contribution in [0.5, 0.6) is 5.75 Å². The van der Waals surface area contributed by atoms with Crippen LogP contribution in [-0.2, 0) is 20.9 Å². The van der Waals surface area contributed by atoms with Crippen LogP contribution in [0.1, 0.15) is 18.1 Å². The van der Waals surface area contributed by atoms with Crippen molar-refractivity contribution in [1.29, 1.82) is 0 Å². The van der Waals surface area contributed by atoms with E-state index in [2.05, 4.69) is 15.9 Å². The van der Waals surface area contributed by atoms with E-state index in [0.717, 1.165) is 22.2 Å². The standard InChI is InChI=1S/C21H16BrCl2NO5S/c1-2-29-18(26)10-25-20(27)17(31-21(25)28)9-13-7-15(22)19(16(24)8-13)30-11-12-3-5-14(23)6-4-12/h3-9H,2,10-11H2,1H3/b17-9+. The van der Waals surface area contributed by atoms with Crippen LogP contribution in [0, 0.1) is 0 Å². The van der Waals surface area contributed by atoms with E-state index in [4.69, 9.17) is 32.7 Å². The van der Waals surface area contributed by atoms with E-state index in [9.17, 15) is 14.4 Å². The predicted molar refractivity (Wildman–Crippen MR) is 124 cm³/mol. The van der Waals surface area contributed by atoms with Crippen LogP contribution in [0.2, 0.25) is 10.0 Å². The number of thioether (sulfide) groups is 1. The predicted octanol–water partition coefficient (Wildman–Crippen LogP) is 5.93. The summed E-state index contributed by atoms with van der Waals surface area (Å²) >= 11 is 16.4. The van der Waals surface area contributed by atoms with Crippen LogP contribution >= 0.6 is 50.9 Å². The third-order valence-electron chi connectivity index (χ3n) is 4.08. The fraction of sp³-hybridized carbons (Fsp3) is 0.190. The number of ether oxygens (including phenoxy) is 2. The molecule has 0 bridgehead atoms. The van der Waals surface area contributed by atoms with Gasteiger partial charge in [0, 0.05) is 5.02 Å². The number of carbonyl (C=O) groups excluding carboxylic acids is 3. The number of rotatable bonds is 7. The normalized spacial score (nSPS) is 15.0. The van der Waals surface area contributed by atoms with Gasteiger partial charge in [-0.25, -0.2) is 0 Å². The number of hydrogen-bond donors (Lipinski definition) is 0. The van der Waals surface area contributed by atoms with Gasteiger partial charge in [0.1, 0.15) is 13.2 Å². The average Bonchev–Trinajstić information content (AvgIpc) is 2.96. The third kappa shape index (κ3) is 6.04. The van der Waals surface area contributed by atoms with Gasteiger partial charge in [-0.05, 0) is 76.1 Å². The van der Waals surface area contributed by atoms with Gasteiger partial charge in [0.05, 0.1) is 21.0 Å². The maximum atomic E-state index is 12.5. The van der Waals surface area contributed by atoms with Crippen LogP contribution in [0.3, 0.4) is 0 Å². The molecule has 0 radical (unpaired) electrons. The first-order valence-corrected chi connectivity index (χ1v) is 11.4. The Labute approximate surface area is 201 Å². The van der Waals surface area contributed by atoms with Gasteiger partial charge in [0.2, 0.25) is 0 Å². The molecule has 0 aromatic heterocycles. The highest BCUT2D eigenvalue weighted by Crippen LogP contribution is 2.38. The molecule has 0 atom stereocenters. The number of esters is 1. The molecule has 1 fully saturated rings. The highest BCUT2D eigenvalue weighted by molar-refractivity contribution is 9.10. The molecular weight excluding hydrogens is 529 g/mol. The quantitative estimate of drug-likeness (QED) is 0.317. The molecule has 0 N–H and O–H groups in total. The summed E-state index contributed by atoms with van der Waals surface area (Å²) in [6.45, 7) is 1.69. The second-order valence-electron chi connectivity index (χ2n) is 6.30. The molecule has 0 spiro atoms. The van der Waals surface area contributed by atoms with E-state index >= 15 is 0 Å². The topological polar surface area (TPSA) is 72.9 Å². The number of nitrogens with zero attached hydrogens (tertiary/aromatic N) is 1. The van der Waals surface area contributed by atoms with E-state index in [1.54, 1.807) is 31.2 Å². The molecule has 0 unspecified atom stereocenters. The Morgan fingerprint density at radius 2 is 1.90 bits per heavy atom. The van der Waals surface area contributed by atoms with E-state index in [1.165, 1.54) is 6.08 Å². The second kappa shape index (κ2) is 10.5. The van der Waals surface area contributed by atoms with Gasteiger partial charge in [-0.3, -0.25) is 19.3 Å². The fourth-order valence-corrected chi connectivity index (χ4v) is 4.61. The fourth-order valence-electron chi connectivity index (χ4n) is 2.66. The lowest BCUT2D eigenvalue weighted by Gasteiger charge is -2.12. The van der Waals surface area contributed by atoms with Crippen molar-refractivity contribution in [3.63, 3.8) is 0 Å². The summed E-state index contributed by atoms with van der Waals surface area (Å²) in [7, 11) is 0. The minimum absolute atomic E-state index is 0.170. The van der Waals surface area contributed by atoms with Gasteiger partial charge >= 0.3 is 5.97 Å². The molecule has 31 heavy (non-hydrogen) atoms. The summed E-state index contributed by atoms with van der Waals surface area (Å²) in [5.74, 6) is -0.749. The first kappa shape index (κ1) is 23.7. The Kier molecular flexibility index (Phi) is 8.05. The molecule has 6 nitrogen and oxygen atoms in total. The highest BCUT2D eigenvalue weighted by Gasteiger charge is 2.36. The molecule has 10 heteroatoms. The van der Waals surface area contributed by atoms with E-state index < -0.39 is 23.7 Å². The number of carbonyl (C=O) groups is 3. The second-order valence-corrected chi connectivity index (χ2v) is 8.99. The van der Waals surface area contributed by atoms with Crippen molar-refractivity contribution < 1.29 is 23.9 Å². The molecule has 162 valence electrons. The van der Waals surface area contributed by atoms with Gasteiger partial charge < -0.3 is 9.47 Å². The maximum absolute atomic E-state index is 12.5. The van der Waals surface area contributed by atoms with Crippen molar-refractivity contribution in [3.8, 4) is 5.75 Å². The smallest absolute Gasteiger partial charge is 0.326 e. The Bertz CT molecular complexity index is 1040. The van der Waals surface area contributed by atoms with Crippen LogP contribution in [0.4, 0.5) is 4.79 Å². The Hall–Kier alpha value is -2.00. The molecule has 2 aromatic carbocycles. The third-order valence-corrected chi connectivity index (χ3v) is 6.11. The molecule has 3 rings (SSSR count). The molecule has 0 aliphatic carbocycles. The van der Waals surface area contributed by atoms with Crippen molar-refractivity contribution in [1.82, 2.24) is 4.90 Å². The molecule has 2 amide bonds. The lowest BCUT2D eigenvalue weighted by atomic mass is 10.2. The lowest BCUT2D eigenvalue weighted by Crippen LogP contribution is -2.34. The minimum atomic E-state index is -0.640. The summed E-state index contributed by atoms with van der Waals surface area (Å²) < 4.78 is 11.2. The van der Waals surface area contributed by atoms with Crippen LogP contribution in [-0.4, -0.2) is 35.2 Å². The average molecular weight is 545 g/mol. The van der Waals surface area contributed by atoms with Gasteiger partial charge in [0.25, 0.3) is 11.1 Å². The molecular formula is C21H16BrCl2NO5S. The summed E-state index contributed by atoms with van der Waals surface area (Å²) in [5, 5.41) is 0.441. The molecule has 1 heterocycles. The van der Waals surface area contributed by atoms with Crippen molar-refractivity contribution in [2.24, 2.45) is 0 Å². The van der Waals surface area contributed by atoms with Crippen molar-refractivity contribution >= 4 is 74.1 Å². The van der Waals surface area contributed by atoms with Crippen molar-refractivity contribution in [2.45, 2.75) is 13.5 Å². The first-order valence-electron chi connectivity index (χ1n) is 9.05. The van der Waals surface area contributed by atoms with Gasteiger partial charge in [-0.15, -0.1) is 0 Å². The monoisotopic (exact) mass is 543 g/mol. The minimum Gasteiger partial charge on any atom is -0.486 e. The Balaban J connectivity index is 1.74. The van der Waals surface area contributed by atoms with E-state index in [-0.39, 0.29) is 11.5 Å². The summed E-state index contributed by atoms with van der Waals surface area (Å²) in [6, 6.07) is 10.6. The van der Waals surface area contributed by atoms with Gasteiger partial charge in [-0.1, -0.05) is 35.3 Å².